The number of benzene rings is 1. The third-order valence-electron chi connectivity index (χ3n) is 2.65. The number of rotatable bonds is 5. The molecule has 1 rings (SSSR count). The number of carbonyl (C=O) groups excluding carboxylic acids is 1. The molecule has 0 radical (unpaired) electrons. The van der Waals surface area contributed by atoms with Gasteiger partial charge < -0.3 is 11.1 Å². The van der Waals surface area contributed by atoms with Crippen LogP contribution in [0.1, 0.15) is 20.3 Å². The molecular formula is C12H17BrN2O3S. The Kier molecular flexibility index (Phi) is 5.37. The molecule has 0 aliphatic carbocycles. The molecule has 19 heavy (non-hydrogen) atoms. The Morgan fingerprint density at radius 2 is 2.11 bits per heavy atom. The van der Waals surface area contributed by atoms with Gasteiger partial charge >= 0.3 is 0 Å². The number of hydrogen-bond acceptors (Lipinski definition) is 4. The molecule has 1 aromatic rings. The molecule has 0 aliphatic rings. The number of carbonyl (C=O) groups is 1. The summed E-state index contributed by atoms with van der Waals surface area (Å²) in [6.07, 6.45) is 0.754. The minimum Gasteiger partial charge on any atom is -0.399 e. The first-order chi connectivity index (χ1) is 8.80. The van der Waals surface area contributed by atoms with Crippen molar-refractivity contribution < 1.29 is 13.2 Å². The van der Waals surface area contributed by atoms with Gasteiger partial charge in [-0.3, -0.25) is 4.79 Å². The lowest BCUT2D eigenvalue weighted by Gasteiger charge is -2.14. The van der Waals surface area contributed by atoms with E-state index in [-0.39, 0.29) is 4.90 Å². The normalized spacial score (nSPS) is 13.0. The van der Waals surface area contributed by atoms with Crippen LogP contribution in [0.3, 0.4) is 0 Å². The highest BCUT2D eigenvalue weighted by molar-refractivity contribution is 9.10. The Labute approximate surface area is 121 Å². The highest BCUT2D eigenvalue weighted by Crippen LogP contribution is 2.27. The van der Waals surface area contributed by atoms with Crippen LogP contribution in [-0.4, -0.2) is 26.1 Å². The van der Waals surface area contributed by atoms with Crippen molar-refractivity contribution in [2.45, 2.75) is 30.4 Å². The van der Waals surface area contributed by atoms with Gasteiger partial charge in [0.05, 0.1) is 4.90 Å². The quantitative estimate of drug-likeness (QED) is 0.792. The van der Waals surface area contributed by atoms with Crippen LogP contribution in [0.5, 0.6) is 0 Å². The Balaban J connectivity index is 3.06. The largest absolute Gasteiger partial charge is 0.399 e. The average Bonchev–Trinajstić information content (AvgIpc) is 2.34. The summed E-state index contributed by atoms with van der Waals surface area (Å²) in [7, 11) is -3.73. The second-order valence-corrected chi connectivity index (χ2v) is 7.26. The topological polar surface area (TPSA) is 89.3 Å². The molecule has 106 valence electrons. The van der Waals surface area contributed by atoms with Crippen molar-refractivity contribution in [1.29, 1.82) is 0 Å². The number of anilines is 1. The molecule has 0 aliphatic heterocycles. The summed E-state index contributed by atoms with van der Waals surface area (Å²) in [5.41, 5.74) is 6.02. The Bertz CT molecular complexity index is 572. The lowest BCUT2D eigenvalue weighted by molar-refractivity contribution is -0.120. The summed E-state index contributed by atoms with van der Waals surface area (Å²) in [6.45, 7) is 3.74. The fourth-order valence-corrected chi connectivity index (χ4v) is 3.88. The van der Waals surface area contributed by atoms with Crippen LogP contribution in [0.4, 0.5) is 5.69 Å². The molecule has 1 aromatic carbocycles. The first-order valence-electron chi connectivity index (χ1n) is 5.87. The van der Waals surface area contributed by atoms with Crippen LogP contribution < -0.4 is 11.1 Å². The van der Waals surface area contributed by atoms with Gasteiger partial charge in [0.15, 0.2) is 9.84 Å². The minimum absolute atomic E-state index is 0.0702. The zero-order chi connectivity index (χ0) is 14.6. The second-order valence-electron chi connectivity index (χ2n) is 4.17. The number of halogens is 1. The number of sulfone groups is 1. The lowest BCUT2D eigenvalue weighted by Crippen LogP contribution is -2.38. The summed E-state index contributed by atoms with van der Waals surface area (Å²) >= 11 is 3.16. The average molecular weight is 349 g/mol. The third kappa shape index (κ3) is 3.70. The summed E-state index contributed by atoms with van der Waals surface area (Å²) in [6, 6.07) is 4.40. The van der Waals surface area contributed by atoms with Crippen molar-refractivity contribution in [3.05, 3.63) is 22.7 Å². The molecule has 3 N–H and O–H groups in total. The van der Waals surface area contributed by atoms with E-state index in [9.17, 15) is 13.2 Å². The molecular weight excluding hydrogens is 332 g/mol. The van der Waals surface area contributed by atoms with Gasteiger partial charge in [-0.1, -0.05) is 6.92 Å². The highest BCUT2D eigenvalue weighted by Gasteiger charge is 2.31. The molecule has 1 unspecified atom stereocenters. The SMILES string of the molecule is CCCNC(=O)C(C)S(=O)(=O)c1ccc(N)cc1Br. The predicted molar refractivity (Wildman–Crippen MR) is 78.5 cm³/mol. The van der Waals surface area contributed by atoms with Crippen LogP contribution in [-0.2, 0) is 14.6 Å². The molecule has 0 aromatic heterocycles. The molecule has 7 heteroatoms. The molecule has 1 atom stereocenters. The van der Waals surface area contributed by atoms with Gasteiger partial charge in [0.2, 0.25) is 5.91 Å². The van der Waals surface area contributed by atoms with Crippen molar-refractivity contribution in [2.24, 2.45) is 0 Å². The number of amides is 1. The maximum atomic E-state index is 12.3. The maximum Gasteiger partial charge on any atom is 0.238 e. The van der Waals surface area contributed by atoms with Crippen LogP contribution in [0.2, 0.25) is 0 Å². The summed E-state index contributed by atoms with van der Waals surface area (Å²) < 4.78 is 25.0. The Morgan fingerprint density at radius 3 is 2.63 bits per heavy atom. The first kappa shape index (κ1) is 16.0. The van der Waals surface area contributed by atoms with E-state index in [0.29, 0.717) is 16.7 Å². The molecule has 0 bridgehead atoms. The molecule has 0 heterocycles. The summed E-state index contributed by atoms with van der Waals surface area (Å²) in [5.74, 6) is -0.495. The fraction of sp³-hybridized carbons (Fsp3) is 0.417. The van der Waals surface area contributed by atoms with Crippen molar-refractivity contribution in [2.75, 3.05) is 12.3 Å². The minimum atomic E-state index is -3.73. The van der Waals surface area contributed by atoms with Gasteiger partial charge in [-0.2, -0.15) is 0 Å². The van der Waals surface area contributed by atoms with Crippen molar-refractivity contribution in [3.63, 3.8) is 0 Å². The van der Waals surface area contributed by atoms with Crippen LogP contribution >= 0.6 is 15.9 Å². The zero-order valence-electron chi connectivity index (χ0n) is 10.8. The van der Waals surface area contributed by atoms with Gasteiger partial charge in [0, 0.05) is 16.7 Å². The Morgan fingerprint density at radius 1 is 1.47 bits per heavy atom. The number of nitrogen functional groups attached to an aromatic ring is 1. The number of nitrogens with two attached hydrogens (primary N) is 1. The van der Waals surface area contributed by atoms with Gasteiger partial charge in [0.25, 0.3) is 0 Å². The lowest BCUT2D eigenvalue weighted by atomic mass is 10.3. The van der Waals surface area contributed by atoms with Crippen LogP contribution in [0, 0.1) is 0 Å². The van der Waals surface area contributed by atoms with E-state index < -0.39 is 21.0 Å². The monoisotopic (exact) mass is 348 g/mol. The van der Waals surface area contributed by atoms with Crippen LogP contribution in [0.25, 0.3) is 0 Å². The van der Waals surface area contributed by atoms with E-state index in [0.717, 1.165) is 6.42 Å². The smallest absolute Gasteiger partial charge is 0.238 e. The van der Waals surface area contributed by atoms with Gasteiger partial charge in [-0.15, -0.1) is 0 Å². The molecule has 0 spiro atoms. The second kappa shape index (κ2) is 6.38. The van der Waals surface area contributed by atoms with E-state index in [4.69, 9.17) is 5.73 Å². The van der Waals surface area contributed by atoms with Gasteiger partial charge in [0.1, 0.15) is 5.25 Å². The van der Waals surface area contributed by atoms with Crippen molar-refractivity contribution >= 4 is 37.4 Å². The van der Waals surface area contributed by atoms with E-state index in [2.05, 4.69) is 21.2 Å². The van der Waals surface area contributed by atoms with Gasteiger partial charge in [-0.25, -0.2) is 8.42 Å². The first-order valence-corrected chi connectivity index (χ1v) is 8.21. The summed E-state index contributed by atoms with van der Waals surface area (Å²) in [4.78, 5) is 11.8. The number of hydrogen-bond donors (Lipinski definition) is 2. The maximum absolute atomic E-state index is 12.3. The van der Waals surface area contributed by atoms with Gasteiger partial charge in [-0.05, 0) is 47.5 Å². The molecule has 5 nitrogen and oxygen atoms in total. The van der Waals surface area contributed by atoms with E-state index in [1.165, 1.54) is 25.1 Å². The van der Waals surface area contributed by atoms with E-state index in [1.54, 1.807) is 0 Å². The van der Waals surface area contributed by atoms with Crippen molar-refractivity contribution in [3.8, 4) is 0 Å². The fourth-order valence-electron chi connectivity index (χ4n) is 1.47. The molecule has 1 amide bonds. The predicted octanol–water partition coefficient (Wildman–Crippen LogP) is 1.72. The number of nitrogens with one attached hydrogen (secondary N) is 1. The third-order valence-corrected chi connectivity index (χ3v) is 5.68. The highest BCUT2D eigenvalue weighted by atomic mass is 79.9. The van der Waals surface area contributed by atoms with E-state index >= 15 is 0 Å². The molecule has 0 saturated heterocycles. The summed E-state index contributed by atoms with van der Waals surface area (Å²) in [5, 5.41) is 1.44. The molecule has 0 saturated carbocycles. The van der Waals surface area contributed by atoms with Crippen molar-refractivity contribution in [1.82, 2.24) is 5.32 Å². The standard InChI is InChI=1S/C12H17BrN2O3S/c1-3-6-15-12(16)8(2)19(17,18)11-5-4-9(14)7-10(11)13/h4-5,7-8H,3,6,14H2,1-2H3,(H,15,16). The van der Waals surface area contributed by atoms with E-state index in [1.807, 2.05) is 6.92 Å². The molecule has 0 fully saturated rings. The van der Waals surface area contributed by atoms with Crippen LogP contribution in [0.15, 0.2) is 27.6 Å². The zero-order valence-corrected chi connectivity index (χ0v) is 13.2. The Hall–Kier alpha value is -1.08.